The van der Waals surface area contributed by atoms with Gasteiger partial charge in [0.05, 0.1) is 19.1 Å². The Morgan fingerprint density at radius 3 is 2.23 bits per heavy atom. The molecule has 0 bridgehead atoms. The van der Waals surface area contributed by atoms with Crippen molar-refractivity contribution in [2.24, 2.45) is 5.92 Å². The summed E-state index contributed by atoms with van der Waals surface area (Å²) in [4.78, 5) is 35.7. The molecule has 2 aromatic rings. The second-order valence-corrected chi connectivity index (χ2v) is 5.78. The largest absolute Gasteiger partial charge is 0.493 e. The predicted molar refractivity (Wildman–Crippen MR) is 97.2 cm³/mol. The van der Waals surface area contributed by atoms with Gasteiger partial charge in [-0.05, 0) is 43.7 Å². The van der Waals surface area contributed by atoms with Gasteiger partial charge in [0.25, 0.3) is 5.78 Å². The molecule has 0 fully saturated rings. The normalized spacial score (nSPS) is 11.5. The lowest BCUT2D eigenvalue weighted by Crippen LogP contribution is -2.29. The molecule has 0 aliphatic carbocycles. The Labute approximate surface area is 152 Å². The molecule has 0 aliphatic rings. The highest BCUT2D eigenvalue weighted by atomic mass is 16.5. The van der Waals surface area contributed by atoms with Gasteiger partial charge in [-0.25, -0.2) is 4.79 Å². The SMILES string of the molecule is CCOC(=O)C(=O)C(C)C(=O)c1ccc(OCCc2ccccc2)cc1. The van der Waals surface area contributed by atoms with Crippen molar-refractivity contribution in [3.63, 3.8) is 0 Å². The van der Waals surface area contributed by atoms with Crippen LogP contribution in [0.2, 0.25) is 0 Å². The van der Waals surface area contributed by atoms with Gasteiger partial charge in [0.15, 0.2) is 5.78 Å². The lowest BCUT2D eigenvalue weighted by Gasteiger charge is -2.10. The molecule has 5 nitrogen and oxygen atoms in total. The second kappa shape index (κ2) is 9.51. The topological polar surface area (TPSA) is 69.7 Å². The van der Waals surface area contributed by atoms with Gasteiger partial charge in [0, 0.05) is 12.0 Å². The average Bonchev–Trinajstić information content (AvgIpc) is 2.68. The van der Waals surface area contributed by atoms with Crippen LogP contribution in [0.5, 0.6) is 5.75 Å². The minimum absolute atomic E-state index is 0.0977. The third-order valence-corrected chi connectivity index (χ3v) is 3.90. The molecule has 5 heteroatoms. The maximum absolute atomic E-state index is 12.3. The first-order chi connectivity index (χ1) is 12.5. The molecule has 1 atom stereocenters. The van der Waals surface area contributed by atoms with E-state index in [2.05, 4.69) is 4.74 Å². The Balaban J connectivity index is 1.90. The van der Waals surface area contributed by atoms with Crippen molar-refractivity contribution in [3.8, 4) is 5.75 Å². The summed E-state index contributed by atoms with van der Waals surface area (Å²) >= 11 is 0. The molecule has 0 saturated heterocycles. The molecular weight excluding hydrogens is 332 g/mol. The molecule has 0 aliphatic heterocycles. The molecule has 1 unspecified atom stereocenters. The van der Waals surface area contributed by atoms with Gasteiger partial charge in [-0.15, -0.1) is 0 Å². The number of hydrogen-bond donors (Lipinski definition) is 0. The zero-order valence-electron chi connectivity index (χ0n) is 14.9. The number of esters is 1. The molecule has 0 aromatic heterocycles. The van der Waals surface area contributed by atoms with Crippen molar-refractivity contribution in [1.82, 2.24) is 0 Å². The van der Waals surface area contributed by atoms with E-state index in [0.717, 1.165) is 6.42 Å². The maximum atomic E-state index is 12.3. The fourth-order valence-corrected chi connectivity index (χ4v) is 2.39. The van der Waals surface area contributed by atoms with Crippen LogP contribution >= 0.6 is 0 Å². The minimum Gasteiger partial charge on any atom is -0.493 e. The van der Waals surface area contributed by atoms with Gasteiger partial charge >= 0.3 is 5.97 Å². The van der Waals surface area contributed by atoms with Crippen LogP contribution < -0.4 is 4.74 Å². The number of carbonyl (C=O) groups excluding carboxylic acids is 3. The van der Waals surface area contributed by atoms with Crippen molar-refractivity contribution in [2.45, 2.75) is 20.3 Å². The van der Waals surface area contributed by atoms with E-state index in [-0.39, 0.29) is 6.61 Å². The average molecular weight is 354 g/mol. The summed E-state index contributed by atoms with van der Waals surface area (Å²) in [5.41, 5.74) is 1.54. The monoisotopic (exact) mass is 354 g/mol. The van der Waals surface area contributed by atoms with E-state index < -0.39 is 23.5 Å². The number of hydrogen-bond acceptors (Lipinski definition) is 5. The Bertz CT molecular complexity index is 750. The highest BCUT2D eigenvalue weighted by Crippen LogP contribution is 2.16. The van der Waals surface area contributed by atoms with Crippen LogP contribution in [0.15, 0.2) is 54.6 Å². The minimum atomic E-state index is -1.07. The summed E-state index contributed by atoms with van der Waals surface area (Å²) in [6.45, 7) is 3.63. The number of benzene rings is 2. The zero-order valence-corrected chi connectivity index (χ0v) is 14.9. The number of Topliss-reactive ketones (excluding diaryl/α,β-unsaturated/α-hetero) is 2. The fourth-order valence-electron chi connectivity index (χ4n) is 2.39. The van der Waals surface area contributed by atoms with Gasteiger partial charge < -0.3 is 9.47 Å². The van der Waals surface area contributed by atoms with Gasteiger partial charge in [0.2, 0.25) is 0 Å². The van der Waals surface area contributed by atoms with Crippen molar-refractivity contribution >= 4 is 17.5 Å². The smallest absolute Gasteiger partial charge is 0.375 e. The van der Waals surface area contributed by atoms with Crippen LogP contribution in [-0.4, -0.2) is 30.7 Å². The van der Waals surface area contributed by atoms with E-state index in [1.165, 1.54) is 12.5 Å². The van der Waals surface area contributed by atoms with Crippen LogP contribution in [0.4, 0.5) is 0 Å². The van der Waals surface area contributed by atoms with Crippen molar-refractivity contribution < 1.29 is 23.9 Å². The van der Waals surface area contributed by atoms with Crippen LogP contribution in [0.25, 0.3) is 0 Å². The first kappa shape index (κ1) is 19.4. The van der Waals surface area contributed by atoms with E-state index >= 15 is 0 Å². The lowest BCUT2D eigenvalue weighted by molar-refractivity contribution is -0.154. The van der Waals surface area contributed by atoms with E-state index in [0.29, 0.717) is 17.9 Å². The van der Waals surface area contributed by atoms with Gasteiger partial charge in [-0.2, -0.15) is 0 Å². The van der Waals surface area contributed by atoms with Gasteiger partial charge in [-0.3, -0.25) is 9.59 Å². The zero-order chi connectivity index (χ0) is 18.9. The van der Waals surface area contributed by atoms with E-state index in [4.69, 9.17) is 4.74 Å². The Hall–Kier alpha value is -2.95. The summed E-state index contributed by atoms with van der Waals surface area (Å²) in [7, 11) is 0. The molecule has 0 radical (unpaired) electrons. The van der Waals surface area contributed by atoms with Crippen LogP contribution in [0.3, 0.4) is 0 Å². The fraction of sp³-hybridized carbons (Fsp3) is 0.286. The highest BCUT2D eigenvalue weighted by molar-refractivity contribution is 6.39. The number of ketones is 2. The number of ether oxygens (including phenoxy) is 2. The molecule has 2 aromatic carbocycles. The van der Waals surface area contributed by atoms with Crippen molar-refractivity contribution in [3.05, 3.63) is 65.7 Å². The lowest BCUT2D eigenvalue weighted by atomic mass is 9.95. The molecular formula is C21H22O5. The summed E-state index contributed by atoms with van der Waals surface area (Å²) < 4.78 is 10.3. The summed E-state index contributed by atoms with van der Waals surface area (Å²) in [5.74, 6) is -2.66. The molecule has 26 heavy (non-hydrogen) atoms. The van der Waals surface area contributed by atoms with Gasteiger partial charge in [0.1, 0.15) is 5.75 Å². The highest BCUT2D eigenvalue weighted by Gasteiger charge is 2.29. The van der Waals surface area contributed by atoms with E-state index in [9.17, 15) is 14.4 Å². The molecule has 0 saturated carbocycles. The third kappa shape index (κ3) is 5.28. The first-order valence-corrected chi connectivity index (χ1v) is 8.55. The van der Waals surface area contributed by atoms with Crippen molar-refractivity contribution in [2.75, 3.05) is 13.2 Å². The van der Waals surface area contributed by atoms with Crippen LogP contribution in [-0.2, 0) is 20.7 Å². The molecule has 2 rings (SSSR count). The van der Waals surface area contributed by atoms with Crippen molar-refractivity contribution in [1.29, 1.82) is 0 Å². The molecule has 0 heterocycles. The molecule has 0 spiro atoms. The molecule has 136 valence electrons. The summed E-state index contributed by atoms with van der Waals surface area (Å²) in [6, 6.07) is 16.5. The Morgan fingerprint density at radius 1 is 0.962 bits per heavy atom. The van der Waals surface area contributed by atoms with Crippen LogP contribution in [0.1, 0.15) is 29.8 Å². The molecule has 0 amide bonds. The number of rotatable bonds is 9. The van der Waals surface area contributed by atoms with E-state index in [1.807, 2.05) is 30.3 Å². The number of carbonyl (C=O) groups is 3. The third-order valence-electron chi connectivity index (χ3n) is 3.90. The summed E-state index contributed by atoms with van der Waals surface area (Å²) in [6.07, 6.45) is 0.784. The van der Waals surface area contributed by atoms with Gasteiger partial charge in [-0.1, -0.05) is 30.3 Å². The quantitative estimate of drug-likeness (QED) is 0.299. The maximum Gasteiger partial charge on any atom is 0.375 e. The Kier molecular flexibility index (Phi) is 7.09. The second-order valence-electron chi connectivity index (χ2n) is 5.78. The standard InChI is InChI=1S/C21H22O5/c1-3-25-21(24)20(23)15(2)19(22)17-9-11-18(12-10-17)26-14-13-16-7-5-4-6-8-16/h4-12,15H,3,13-14H2,1-2H3. The predicted octanol–water partition coefficient (Wildman–Crippen LogP) is 3.26. The first-order valence-electron chi connectivity index (χ1n) is 8.55. The van der Waals surface area contributed by atoms with Crippen LogP contribution in [0, 0.1) is 5.92 Å². The van der Waals surface area contributed by atoms with E-state index in [1.54, 1.807) is 31.2 Å². The summed E-state index contributed by atoms with van der Waals surface area (Å²) in [5, 5.41) is 0. The molecule has 0 N–H and O–H groups in total. The Morgan fingerprint density at radius 2 is 1.62 bits per heavy atom.